The molecule has 1 aromatic rings. The van der Waals surface area contributed by atoms with Crippen LogP contribution in [0.3, 0.4) is 0 Å². The van der Waals surface area contributed by atoms with Gasteiger partial charge in [0, 0.05) is 6.04 Å². The lowest BCUT2D eigenvalue weighted by atomic mass is 9.81. The molecular formula is C13H18BrClFN. The molecule has 0 aliphatic heterocycles. The van der Waals surface area contributed by atoms with Crippen molar-refractivity contribution < 1.29 is 4.39 Å². The summed E-state index contributed by atoms with van der Waals surface area (Å²) in [5.74, 6) is 0.304. The highest BCUT2D eigenvalue weighted by molar-refractivity contribution is 9.10. The number of benzene rings is 1. The third kappa shape index (κ3) is 3.67. The lowest BCUT2D eigenvalue weighted by Gasteiger charge is -2.27. The van der Waals surface area contributed by atoms with E-state index in [1.54, 1.807) is 12.1 Å². The van der Waals surface area contributed by atoms with Gasteiger partial charge in [-0.15, -0.1) is 12.4 Å². The van der Waals surface area contributed by atoms with Crippen LogP contribution in [0.4, 0.5) is 4.39 Å². The Balaban J connectivity index is 0.00000144. The minimum absolute atomic E-state index is 0. The molecule has 0 saturated heterocycles. The van der Waals surface area contributed by atoms with Crippen molar-refractivity contribution in [2.24, 2.45) is 11.7 Å². The second-order valence-corrected chi connectivity index (χ2v) is 5.45. The van der Waals surface area contributed by atoms with Crippen LogP contribution in [0.15, 0.2) is 22.7 Å². The summed E-state index contributed by atoms with van der Waals surface area (Å²) in [4.78, 5) is 0. The molecule has 0 aromatic heterocycles. The minimum atomic E-state index is -0.219. The summed E-state index contributed by atoms with van der Waals surface area (Å²) >= 11 is 3.16. The summed E-state index contributed by atoms with van der Waals surface area (Å²) in [6, 6.07) is 5.21. The fourth-order valence-corrected chi connectivity index (χ4v) is 2.73. The molecule has 4 heteroatoms. The van der Waals surface area contributed by atoms with E-state index in [2.05, 4.69) is 15.9 Å². The zero-order chi connectivity index (χ0) is 11.5. The van der Waals surface area contributed by atoms with Crippen LogP contribution in [0.5, 0.6) is 0 Å². The molecule has 1 aromatic carbocycles. The van der Waals surface area contributed by atoms with Crippen molar-refractivity contribution in [3.63, 3.8) is 0 Å². The van der Waals surface area contributed by atoms with Crippen molar-refractivity contribution in [2.45, 2.75) is 38.1 Å². The molecule has 0 spiro atoms. The Bertz CT molecular complexity index is 366. The largest absolute Gasteiger partial charge is 0.324 e. The van der Waals surface area contributed by atoms with Gasteiger partial charge in [-0.1, -0.05) is 25.3 Å². The zero-order valence-corrected chi connectivity index (χ0v) is 12.1. The molecule has 96 valence electrons. The van der Waals surface area contributed by atoms with Gasteiger partial charge in [-0.25, -0.2) is 4.39 Å². The van der Waals surface area contributed by atoms with Crippen molar-refractivity contribution in [1.29, 1.82) is 0 Å². The maximum absolute atomic E-state index is 13.4. The van der Waals surface area contributed by atoms with Gasteiger partial charge in [0.05, 0.1) is 4.47 Å². The molecule has 17 heavy (non-hydrogen) atoms. The summed E-state index contributed by atoms with van der Waals surface area (Å²) in [6.07, 6.45) is 6.20. The molecule has 1 aliphatic carbocycles. The predicted molar refractivity (Wildman–Crippen MR) is 74.9 cm³/mol. The number of hydrogen-bond acceptors (Lipinski definition) is 1. The fraction of sp³-hybridized carbons (Fsp3) is 0.538. The zero-order valence-electron chi connectivity index (χ0n) is 9.66. The van der Waals surface area contributed by atoms with Gasteiger partial charge >= 0.3 is 0 Å². The normalized spacial score (nSPS) is 18.5. The van der Waals surface area contributed by atoms with E-state index in [4.69, 9.17) is 5.73 Å². The van der Waals surface area contributed by atoms with Gasteiger partial charge in [-0.05, 0) is 52.4 Å². The first-order valence-electron chi connectivity index (χ1n) is 5.89. The Morgan fingerprint density at radius 1 is 1.24 bits per heavy atom. The lowest BCUT2D eigenvalue weighted by Crippen LogP contribution is -2.23. The Morgan fingerprint density at radius 2 is 1.88 bits per heavy atom. The van der Waals surface area contributed by atoms with Crippen LogP contribution in [-0.4, -0.2) is 0 Å². The van der Waals surface area contributed by atoms with Gasteiger partial charge < -0.3 is 5.73 Å². The first kappa shape index (κ1) is 14.9. The van der Waals surface area contributed by atoms with E-state index in [1.807, 2.05) is 6.07 Å². The summed E-state index contributed by atoms with van der Waals surface area (Å²) in [5.41, 5.74) is 7.13. The SMILES string of the molecule is Cl.N[C@H](c1ccc(Br)c(F)c1)C1CCCCC1. The third-order valence-electron chi connectivity index (χ3n) is 3.49. The third-order valence-corrected chi connectivity index (χ3v) is 4.13. The highest BCUT2D eigenvalue weighted by Gasteiger charge is 2.22. The molecule has 2 N–H and O–H groups in total. The molecule has 1 saturated carbocycles. The number of rotatable bonds is 2. The van der Waals surface area contributed by atoms with Crippen LogP contribution in [0.2, 0.25) is 0 Å². The summed E-state index contributed by atoms with van der Waals surface area (Å²) in [6.45, 7) is 0. The standard InChI is InChI=1S/C13H17BrFN.ClH/c14-11-7-6-10(8-12(11)15)13(16)9-4-2-1-3-5-9;/h6-9,13H,1-5,16H2;1H/t13-;/m0./s1. The van der Waals surface area contributed by atoms with Gasteiger partial charge in [0.25, 0.3) is 0 Å². The van der Waals surface area contributed by atoms with Crippen LogP contribution in [0.25, 0.3) is 0 Å². The average molecular weight is 323 g/mol. The number of nitrogens with two attached hydrogens (primary N) is 1. The Kier molecular flexibility index (Phi) is 5.90. The van der Waals surface area contributed by atoms with Gasteiger partial charge in [-0.2, -0.15) is 0 Å². The molecule has 0 bridgehead atoms. The Labute approximate surface area is 117 Å². The molecule has 1 aliphatic rings. The summed E-state index contributed by atoms with van der Waals surface area (Å²) < 4.78 is 13.9. The van der Waals surface area contributed by atoms with E-state index in [0.29, 0.717) is 10.4 Å². The molecule has 1 fully saturated rings. The highest BCUT2D eigenvalue weighted by atomic mass is 79.9. The molecule has 0 amide bonds. The average Bonchev–Trinajstić information content (AvgIpc) is 2.33. The fourth-order valence-electron chi connectivity index (χ4n) is 2.49. The summed E-state index contributed by atoms with van der Waals surface area (Å²) in [7, 11) is 0. The van der Waals surface area contributed by atoms with E-state index >= 15 is 0 Å². The quantitative estimate of drug-likeness (QED) is 0.846. The van der Waals surface area contributed by atoms with Crippen LogP contribution in [0, 0.1) is 11.7 Å². The Hall–Kier alpha value is -0.120. The highest BCUT2D eigenvalue weighted by Crippen LogP contribution is 2.33. The topological polar surface area (TPSA) is 26.0 Å². The molecule has 1 nitrogen and oxygen atoms in total. The maximum Gasteiger partial charge on any atom is 0.137 e. The van der Waals surface area contributed by atoms with Gasteiger partial charge in [0.15, 0.2) is 0 Å². The number of hydrogen-bond donors (Lipinski definition) is 1. The van der Waals surface area contributed by atoms with Crippen LogP contribution in [0.1, 0.15) is 43.7 Å². The van der Waals surface area contributed by atoms with Crippen molar-refractivity contribution >= 4 is 28.3 Å². The van der Waals surface area contributed by atoms with E-state index in [0.717, 1.165) is 5.56 Å². The lowest BCUT2D eigenvalue weighted by molar-refractivity contribution is 0.308. The van der Waals surface area contributed by atoms with E-state index in [-0.39, 0.29) is 24.3 Å². The van der Waals surface area contributed by atoms with Crippen molar-refractivity contribution in [3.05, 3.63) is 34.1 Å². The molecular weight excluding hydrogens is 305 g/mol. The number of halogens is 3. The molecule has 2 rings (SSSR count). The van der Waals surface area contributed by atoms with E-state index < -0.39 is 0 Å². The van der Waals surface area contributed by atoms with Gasteiger partial charge in [0.2, 0.25) is 0 Å². The van der Waals surface area contributed by atoms with E-state index in [1.165, 1.54) is 32.1 Å². The van der Waals surface area contributed by atoms with Crippen LogP contribution in [-0.2, 0) is 0 Å². The van der Waals surface area contributed by atoms with E-state index in [9.17, 15) is 4.39 Å². The predicted octanol–water partition coefficient (Wildman–Crippen LogP) is 4.59. The van der Waals surface area contributed by atoms with Gasteiger partial charge in [-0.3, -0.25) is 0 Å². The molecule has 1 atom stereocenters. The second kappa shape index (κ2) is 6.72. The second-order valence-electron chi connectivity index (χ2n) is 4.60. The van der Waals surface area contributed by atoms with Crippen molar-refractivity contribution in [1.82, 2.24) is 0 Å². The van der Waals surface area contributed by atoms with Crippen molar-refractivity contribution in [2.75, 3.05) is 0 Å². The summed E-state index contributed by atoms with van der Waals surface area (Å²) in [5, 5.41) is 0. The van der Waals surface area contributed by atoms with Crippen molar-refractivity contribution in [3.8, 4) is 0 Å². The minimum Gasteiger partial charge on any atom is -0.324 e. The first-order chi connectivity index (χ1) is 7.68. The first-order valence-corrected chi connectivity index (χ1v) is 6.68. The monoisotopic (exact) mass is 321 g/mol. The van der Waals surface area contributed by atoms with Crippen LogP contribution < -0.4 is 5.73 Å². The maximum atomic E-state index is 13.4. The Morgan fingerprint density at radius 3 is 2.47 bits per heavy atom. The van der Waals surface area contributed by atoms with Crippen LogP contribution >= 0.6 is 28.3 Å². The van der Waals surface area contributed by atoms with Gasteiger partial charge in [0.1, 0.15) is 5.82 Å². The molecule has 0 radical (unpaired) electrons. The molecule has 0 heterocycles. The smallest absolute Gasteiger partial charge is 0.137 e. The molecule has 0 unspecified atom stereocenters.